The molecule has 0 aliphatic rings. The summed E-state index contributed by atoms with van der Waals surface area (Å²) in [6, 6.07) is 18.8. The van der Waals surface area contributed by atoms with Crippen molar-refractivity contribution in [1.29, 1.82) is 0 Å². The molecule has 1 heterocycles. The maximum absolute atomic E-state index is 12.2. The molecule has 2 aromatic carbocycles. The number of thiophene rings is 1. The normalized spacial score (nSPS) is 11.1. The predicted octanol–water partition coefficient (Wildman–Crippen LogP) is 4.61. The molecule has 0 saturated carbocycles. The van der Waals surface area contributed by atoms with Crippen molar-refractivity contribution in [3.63, 3.8) is 0 Å². The first kappa shape index (κ1) is 18.4. The fraction of sp³-hybridized carbons (Fsp3) is 0.0556. The number of sulfone groups is 1. The number of nitrogens with one attached hydrogen (secondary N) is 1. The van der Waals surface area contributed by atoms with E-state index in [0.717, 1.165) is 11.3 Å². The predicted molar refractivity (Wildman–Crippen MR) is 103 cm³/mol. The van der Waals surface area contributed by atoms with Gasteiger partial charge in [-0.05, 0) is 48.5 Å². The Morgan fingerprint density at radius 1 is 0.962 bits per heavy atom. The number of ether oxygens (including phenoxy) is 1. The summed E-state index contributed by atoms with van der Waals surface area (Å²) in [5.74, 6) is 0.0397. The summed E-state index contributed by atoms with van der Waals surface area (Å²) in [6.45, 7) is 0. The largest absolute Gasteiger partial charge is 0.457 e. The smallest absolute Gasteiger partial charge is 0.239 e. The lowest BCUT2D eigenvalue weighted by Gasteiger charge is -2.08. The van der Waals surface area contributed by atoms with Crippen LogP contribution in [0.4, 0.5) is 5.69 Å². The van der Waals surface area contributed by atoms with E-state index in [-0.39, 0.29) is 4.21 Å². The molecular formula is C18H14ClNO4S2. The number of amides is 1. The van der Waals surface area contributed by atoms with Crippen LogP contribution in [0, 0.1) is 0 Å². The zero-order valence-corrected chi connectivity index (χ0v) is 15.8. The van der Waals surface area contributed by atoms with Crippen molar-refractivity contribution >= 4 is 44.4 Å². The van der Waals surface area contributed by atoms with Crippen LogP contribution in [-0.2, 0) is 14.6 Å². The van der Waals surface area contributed by atoms with E-state index in [0.29, 0.717) is 21.5 Å². The van der Waals surface area contributed by atoms with Crippen LogP contribution in [0.3, 0.4) is 0 Å². The number of rotatable bonds is 6. The van der Waals surface area contributed by atoms with Gasteiger partial charge in [0.1, 0.15) is 21.5 Å². The number of hydrogen-bond acceptors (Lipinski definition) is 5. The maximum atomic E-state index is 12.2. The van der Waals surface area contributed by atoms with Gasteiger partial charge < -0.3 is 10.1 Å². The number of halogens is 1. The lowest BCUT2D eigenvalue weighted by atomic mass is 10.3. The second-order valence-electron chi connectivity index (χ2n) is 5.31. The van der Waals surface area contributed by atoms with Crippen LogP contribution < -0.4 is 10.1 Å². The third kappa shape index (κ3) is 4.85. The standard InChI is InChI=1S/C18H14ClNO4S2/c19-16-10-11-18(25-16)26(22,23)12-17(21)20-13-6-8-15(9-7-13)24-14-4-2-1-3-5-14/h1-11H,12H2,(H,20,21). The third-order valence-corrected chi connectivity index (χ3v) is 6.72. The zero-order chi connectivity index (χ0) is 18.6. The number of carbonyl (C=O) groups excluding carboxylic acids is 1. The average molecular weight is 408 g/mol. The van der Waals surface area contributed by atoms with E-state index in [2.05, 4.69) is 5.32 Å². The molecule has 0 aliphatic carbocycles. The fourth-order valence-corrected chi connectivity index (χ4v) is 4.84. The van der Waals surface area contributed by atoms with Gasteiger partial charge in [0.05, 0.1) is 4.34 Å². The first-order valence-corrected chi connectivity index (χ1v) is 10.4. The quantitative estimate of drug-likeness (QED) is 0.647. The average Bonchev–Trinajstić information content (AvgIpc) is 3.05. The van der Waals surface area contributed by atoms with Gasteiger partial charge in [0.2, 0.25) is 5.91 Å². The molecule has 0 aliphatic heterocycles. The SMILES string of the molecule is O=C(CS(=O)(=O)c1ccc(Cl)s1)Nc1ccc(Oc2ccccc2)cc1. The van der Waals surface area contributed by atoms with E-state index >= 15 is 0 Å². The van der Waals surface area contributed by atoms with Crippen LogP contribution in [0.25, 0.3) is 0 Å². The Labute approximate surface area is 160 Å². The van der Waals surface area contributed by atoms with E-state index in [1.807, 2.05) is 30.3 Å². The van der Waals surface area contributed by atoms with Crippen LogP contribution in [-0.4, -0.2) is 20.1 Å². The Hall–Kier alpha value is -2.35. The van der Waals surface area contributed by atoms with Crippen molar-refractivity contribution in [2.45, 2.75) is 4.21 Å². The highest BCUT2D eigenvalue weighted by atomic mass is 35.5. The molecule has 3 rings (SSSR count). The zero-order valence-electron chi connectivity index (χ0n) is 13.4. The van der Waals surface area contributed by atoms with Crippen LogP contribution >= 0.6 is 22.9 Å². The summed E-state index contributed by atoms with van der Waals surface area (Å²) < 4.78 is 30.4. The molecule has 1 aromatic heterocycles. The lowest BCUT2D eigenvalue weighted by Crippen LogP contribution is -2.22. The van der Waals surface area contributed by atoms with Gasteiger partial charge in [-0.3, -0.25) is 4.79 Å². The van der Waals surface area contributed by atoms with Gasteiger partial charge in [-0.15, -0.1) is 11.3 Å². The van der Waals surface area contributed by atoms with Gasteiger partial charge in [0.25, 0.3) is 0 Å². The van der Waals surface area contributed by atoms with Crippen molar-refractivity contribution in [3.8, 4) is 11.5 Å². The van der Waals surface area contributed by atoms with Crippen molar-refractivity contribution in [1.82, 2.24) is 0 Å². The minimum Gasteiger partial charge on any atom is -0.457 e. The van der Waals surface area contributed by atoms with Gasteiger partial charge in [0.15, 0.2) is 9.84 Å². The van der Waals surface area contributed by atoms with E-state index in [1.165, 1.54) is 12.1 Å². The highest BCUT2D eigenvalue weighted by Crippen LogP contribution is 2.27. The summed E-state index contributed by atoms with van der Waals surface area (Å²) in [5.41, 5.74) is 0.481. The summed E-state index contributed by atoms with van der Waals surface area (Å²) in [5, 5.41) is 2.56. The Morgan fingerprint density at radius 3 is 2.23 bits per heavy atom. The van der Waals surface area contributed by atoms with E-state index in [4.69, 9.17) is 16.3 Å². The third-order valence-electron chi connectivity index (χ3n) is 3.29. The fourth-order valence-electron chi connectivity index (χ4n) is 2.14. The molecule has 0 atom stereocenters. The van der Waals surface area contributed by atoms with Crippen molar-refractivity contribution in [3.05, 3.63) is 71.1 Å². The number of benzene rings is 2. The Balaban J connectivity index is 1.61. The molecule has 3 aromatic rings. The van der Waals surface area contributed by atoms with Crippen molar-refractivity contribution < 1.29 is 17.9 Å². The molecule has 0 saturated heterocycles. The van der Waals surface area contributed by atoms with Gasteiger partial charge in [0, 0.05) is 5.69 Å². The number of para-hydroxylation sites is 1. The Morgan fingerprint density at radius 2 is 1.62 bits per heavy atom. The Bertz CT molecular complexity index is 999. The molecule has 134 valence electrons. The molecule has 8 heteroatoms. The number of anilines is 1. The highest BCUT2D eigenvalue weighted by Gasteiger charge is 2.21. The molecule has 1 N–H and O–H groups in total. The van der Waals surface area contributed by atoms with Crippen LogP contribution in [0.2, 0.25) is 4.34 Å². The van der Waals surface area contributed by atoms with Crippen molar-refractivity contribution in [2.75, 3.05) is 11.1 Å². The number of carbonyl (C=O) groups is 1. The summed E-state index contributed by atoms with van der Waals surface area (Å²) in [6.07, 6.45) is 0. The van der Waals surface area contributed by atoms with Crippen molar-refractivity contribution in [2.24, 2.45) is 0 Å². The van der Waals surface area contributed by atoms with E-state index in [9.17, 15) is 13.2 Å². The molecular weight excluding hydrogens is 394 g/mol. The van der Waals surface area contributed by atoms with Gasteiger partial charge in [-0.1, -0.05) is 29.8 Å². The molecule has 0 bridgehead atoms. The first-order chi connectivity index (χ1) is 12.4. The highest BCUT2D eigenvalue weighted by molar-refractivity contribution is 7.94. The molecule has 5 nitrogen and oxygen atoms in total. The molecule has 0 unspecified atom stereocenters. The van der Waals surface area contributed by atoms with E-state index < -0.39 is 21.5 Å². The molecule has 1 amide bonds. The first-order valence-electron chi connectivity index (χ1n) is 7.53. The van der Waals surface area contributed by atoms with Gasteiger partial charge in [-0.2, -0.15) is 0 Å². The van der Waals surface area contributed by atoms with Crippen LogP contribution in [0.1, 0.15) is 0 Å². The number of hydrogen-bond donors (Lipinski definition) is 1. The monoisotopic (exact) mass is 407 g/mol. The summed E-state index contributed by atoms with van der Waals surface area (Å²) >= 11 is 6.67. The van der Waals surface area contributed by atoms with Crippen LogP contribution in [0.5, 0.6) is 11.5 Å². The minimum absolute atomic E-state index is 0.0734. The Kier molecular flexibility index (Phi) is 5.61. The molecule has 26 heavy (non-hydrogen) atoms. The van der Waals surface area contributed by atoms with Gasteiger partial charge in [-0.25, -0.2) is 8.42 Å². The lowest BCUT2D eigenvalue weighted by molar-refractivity contribution is -0.113. The molecule has 0 fully saturated rings. The van der Waals surface area contributed by atoms with Crippen LogP contribution in [0.15, 0.2) is 70.9 Å². The minimum atomic E-state index is -3.71. The summed E-state index contributed by atoms with van der Waals surface area (Å²) in [7, 11) is -3.71. The second kappa shape index (κ2) is 7.90. The maximum Gasteiger partial charge on any atom is 0.239 e. The second-order valence-corrected chi connectivity index (χ2v) is 9.24. The topological polar surface area (TPSA) is 72.5 Å². The molecule has 0 spiro atoms. The summed E-state index contributed by atoms with van der Waals surface area (Å²) in [4.78, 5) is 12.0. The van der Waals surface area contributed by atoms with Gasteiger partial charge >= 0.3 is 0 Å². The molecule has 0 radical (unpaired) electrons. The van der Waals surface area contributed by atoms with E-state index in [1.54, 1.807) is 24.3 Å².